The molecule has 0 N–H and O–H groups in total. The second-order valence-electron chi connectivity index (χ2n) is 3.40. The fourth-order valence-electron chi connectivity index (χ4n) is 1.44. The highest BCUT2D eigenvalue weighted by Gasteiger charge is 2.42. The molecule has 0 spiro atoms. The van der Waals surface area contributed by atoms with Crippen LogP contribution in [0.25, 0.3) is 0 Å². The molecule has 1 aromatic heterocycles. The van der Waals surface area contributed by atoms with Crippen molar-refractivity contribution in [3.63, 3.8) is 0 Å². The molecule has 0 saturated heterocycles. The van der Waals surface area contributed by atoms with E-state index in [1.54, 1.807) is 0 Å². The van der Waals surface area contributed by atoms with Crippen LogP contribution < -0.4 is 0 Å². The molecule has 0 amide bonds. The van der Waals surface area contributed by atoms with E-state index in [1.165, 1.54) is 6.07 Å². The molecular weight excluding hydrogens is 261 g/mol. The maximum Gasteiger partial charge on any atom is 0.449 e. The van der Waals surface area contributed by atoms with Gasteiger partial charge in [-0.25, -0.2) is 0 Å². The van der Waals surface area contributed by atoms with Crippen LogP contribution in [-0.2, 0) is 11.5 Å². The first-order chi connectivity index (χ1) is 6.52. The molecule has 1 fully saturated rings. The topological polar surface area (TPSA) is 13.1 Å². The largest absolute Gasteiger partial charge is 0.455 e. The molecule has 1 nitrogen and oxygen atoms in total. The van der Waals surface area contributed by atoms with Gasteiger partial charge in [0, 0.05) is 5.56 Å². The van der Waals surface area contributed by atoms with Gasteiger partial charge in [0.15, 0.2) is 0 Å². The lowest BCUT2D eigenvalue weighted by molar-refractivity contribution is -0.154. The van der Waals surface area contributed by atoms with Gasteiger partial charge in [-0.3, -0.25) is 0 Å². The summed E-state index contributed by atoms with van der Waals surface area (Å²) >= 11 is 3.08. The Kier molecular flexibility index (Phi) is 2.37. The van der Waals surface area contributed by atoms with E-state index >= 15 is 0 Å². The van der Waals surface area contributed by atoms with Gasteiger partial charge < -0.3 is 4.42 Å². The Morgan fingerprint density at radius 3 is 2.50 bits per heavy atom. The van der Waals surface area contributed by atoms with Crippen molar-refractivity contribution < 1.29 is 17.6 Å². The number of furan rings is 1. The molecule has 0 radical (unpaired) electrons. The first-order valence-electron chi connectivity index (χ1n) is 4.28. The third kappa shape index (κ3) is 1.82. The Bertz CT molecular complexity index is 338. The van der Waals surface area contributed by atoms with E-state index in [4.69, 9.17) is 4.42 Å². The monoisotopic (exact) mass is 268 g/mol. The van der Waals surface area contributed by atoms with Crippen molar-refractivity contribution in [1.29, 1.82) is 0 Å². The Balaban J connectivity index is 2.40. The molecule has 0 aromatic carbocycles. The van der Waals surface area contributed by atoms with E-state index in [0.717, 1.165) is 12.8 Å². The minimum Gasteiger partial charge on any atom is -0.455 e. The first-order valence-corrected chi connectivity index (χ1v) is 5.40. The predicted molar refractivity (Wildman–Crippen MR) is 48.3 cm³/mol. The molecule has 0 bridgehead atoms. The summed E-state index contributed by atoms with van der Waals surface area (Å²) in [6.45, 7) is 0. The summed E-state index contributed by atoms with van der Waals surface area (Å²) < 4.78 is 42.2. The van der Waals surface area contributed by atoms with E-state index in [2.05, 4.69) is 15.9 Å². The van der Waals surface area contributed by atoms with Gasteiger partial charge >= 0.3 is 6.18 Å². The van der Waals surface area contributed by atoms with Gasteiger partial charge in [-0.15, -0.1) is 0 Å². The Morgan fingerprint density at radius 2 is 2.07 bits per heavy atom. The molecule has 5 heteroatoms. The quantitative estimate of drug-likeness (QED) is 0.737. The molecule has 0 aliphatic heterocycles. The van der Waals surface area contributed by atoms with Gasteiger partial charge in [-0.05, 0) is 24.8 Å². The van der Waals surface area contributed by atoms with Crippen LogP contribution in [0.5, 0.6) is 0 Å². The van der Waals surface area contributed by atoms with Crippen LogP contribution in [-0.4, -0.2) is 0 Å². The van der Waals surface area contributed by atoms with Gasteiger partial charge in [-0.1, -0.05) is 15.9 Å². The maximum absolute atomic E-state index is 12.5. The number of halogens is 4. The zero-order chi connectivity index (χ0) is 10.3. The van der Waals surface area contributed by atoms with E-state index in [1.807, 2.05) is 0 Å². The number of hydrogen-bond donors (Lipinski definition) is 0. The van der Waals surface area contributed by atoms with Gasteiger partial charge in [0.05, 0.1) is 5.33 Å². The van der Waals surface area contributed by atoms with Crippen molar-refractivity contribution in [2.75, 3.05) is 0 Å². The number of rotatable bonds is 2. The zero-order valence-corrected chi connectivity index (χ0v) is 8.78. The summed E-state index contributed by atoms with van der Waals surface area (Å²) in [7, 11) is 0. The maximum atomic E-state index is 12.5. The first kappa shape index (κ1) is 10.1. The fraction of sp³-hybridized carbons (Fsp3) is 0.556. The lowest BCUT2D eigenvalue weighted by Gasteiger charge is -2.04. The minimum atomic E-state index is -4.36. The average Bonchev–Trinajstić information content (AvgIpc) is 2.83. The lowest BCUT2D eigenvalue weighted by atomic mass is 10.1. The van der Waals surface area contributed by atoms with Crippen LogP contribution in [0.4, 0.5) is 13.2 Å². The van der Waals surface area contributed by atoms with E-state index in [-0.39, 0.29) is 5.92 Å². The minimum absolute atomic E-state index is 0.0585. The van der Waals surface area contributed by atoms with Crippen LogP contribution in [0.1, 0.15) is 35.8 Å². The van der Waals surface area contributed by atoms with Gasteiger partial charge in [0.25, 0.3) is 0 Å². The second kappa shape index (κ2) is 3.29. The standard InChI is InChI=1S/C9H8BrF3O/c10-4-6-3-7(5-1-2-5)8(14-6)9(11,12)13/h3,5H,1-2,4H2. The molecule has 1 saturated carbocycles. The van der Waals surface area contributed by atoms with Crippen molar-refractivity contribution in [3.05, 3.63) is 23.2 Å². The molecule has 78 valence electrons. The van der Waals surface area contributed by atoms with E-state index in [9.17, 15) is 13.2 Å². The van der Waals surface area contributed by atoms with Crippen LogP contribution >= 0.6 is 15.9 Å². The molecule has 0 atom stereocenters. The van der Waals surface area contributed by atoms with Crippen molar-refractivity contribution in [2.24, 2.45) is 0 Å². The zero-order valence-electron chi connectivity index (χ0n) is 7.20. The summed E-state index contributed by atoms with van der Waals surface area (Å²) in [5, 5.41) is 0.322. The highest BCUT2D eigenvalue weighted by Crippen LogP contribution is 2.47. The molecule has 2 rings (SSSR count). The second-order valence-corrected chi connectivity index (χ2v) is 3.96. The third-order valence-corrected chi connectivity index (χ3v) is 2.77. The molecule has 0 unspecified atom stereocenters. The predicted octanol–water partition coefficient (Wildman–Crippen LogP) is 4.07. The van der Waals surface area contributed by atoms with Crippen molar-refractivity contribution in [2.45, 2.75) is 30.3 Å². The van der Waals surface area contributed by atoms with Crippen LogP contribution in [0.3, 0.4) is 0 Å². The normalized spacial score (nSPS) is 17.4. The van der Waals surface area contributed by atoms with Crippen LogP contribution in [0.15, 0.2) is 10.5 Å². The van der Waals surface area contributed by atoms with Crippen molar-refractivity contribution >= 4 is 15.9 Å². The van der Waals surface area contributed by atoms with E-state index in [0.29, 0.717) is 16.7 Å². The highest BCUT2D eigenvalue weighted by molar-refractivity contribution is 9.08. The summed E-state index contributed by atoms with van der Waals surface area (Å²) in [5.74, 6) is -0.406. The lowest BCUT2D eigenvalue weighted by Crippen LogP contribution is -2.05. The summed E-state index contributed by atoms with van der Waals surface area (Å²) in [4.78, 5) is 0. The van der Waals surface area contributed by atoms with Gasteiger partial charge in [-0.2, -0.15) is 13.2 Å². The highest BCUT2D eigenvalue weighted by atomic mass is 79.9. The van der Waals surface area contributed by atoms with Gasteiger partial charge in [0.1, 0.15) is 5.76 Å². The van der Waals surface area contributed by atoms with Crippen molar-refractivity contribution in [3.8, 4) is 0 Å². The molecule has 1 heterocycles. The molecule has 1 aromatic rings. The fourth-order valence-corrected chi connectivity index (χ4v) is 1.72. The number of alkyl halides is 4. The summed E-state index contributed by atoms with van der Waals surface area (Å²) in [5.41, 5.74) is 0.326. The molecule has 1 aliphatic rings. The third-order valence-electron chi connectivity index (χ3n) is 2.22. The Hall–Kier alpha value is -0.450. The molecular formula is C9H8BrF3O. The molecule has 14 heavy (non-hydrogen) atoms. The molecule has 1 aliphatic carbocycles. The van der Waals surface area contributed by atoms with Crippen LogP contribution in [0, 0.1) is 0 Å². The smallest absolute Gasteiger partial charge is 0.449 e. The summed E-state index contributed by atoms with van der Waals surface area (Å²) in [6.07, 6.45) is -2.69. The van der Waals surface area contributed by atoms with Gasteiger partial charge in [0.2, 0.25) is 5.76 Å². The Labute approximate surface area is 87.4 Å². The van der Waals surface area contributed by atoms with Crippen LogP contribution in [0.2, 0.25) is 0 Å². The summed E-state index contributed by atoms with van der Waals surface area (Å²) in [6, 6.07) is 1.51. The SMILES string of the molecule is FC(F)(F)c1oc(CBr)cc1C1CC1. The van der Waals surface area contributed by atoms with E-state index < -0.39 is 11.9 Å². The Morgan fingerprint density at radius 1 is 1.43 bits per heavy atom. The van der Waals surface area contributed by atoms with Crippen molar-refractivity contribution in [1.82, 2.24) is 0 Å². The number of hydrogen-bond acceptors (Lipinski definition) is 1. The average molecular weight is 269 g/mol.